The standard InChI is InChI=1S/C13H15BrF3N/c1-2-18-12(8-3-4-8)10-6-5-9(14)7-11(10)13(15,16)17/h5-8,12,18H,2-4H2,1H3. The SMILES string of the molecule is CCNC(c1ccc(Br)cc1C(F)(F)F)C1CC1. The van der Waals surface area contributed by atoms with Crippen LogP contribution in [0.1, 0.15) is 36.9 Å². The van der Waals surface area contributed by atoms with Gasteiger partial charge < -0.3 is 5.32 Å². The van der Waals surface area contributed by atoms with Crippen LogP contribution in [0.25, 0.3) is 0 Å². The molecule has 18 heavy (non-hydrogen) atoms. The van der Waals surface area contributed by atoms with Gasteiger partial charge in [0.05, 0.1) is 5.56 Å². The number of halogens is 4. The molecule has 1 fully saturated rings. The molecule has 0 radical (unpaired) electrons. The molecular formula is C13H15BrF3N. The summed E-state index contributed by atoms with van der Waals surface area (Å²) >= 11 is 3.11. The van der Waals surface area contributed by atoms with E-state index in [1.165, 1.54) is 6.07 Å². The smallest absolute Gasteiger partial charge is 0.310 e. The van der Waals surface area contributed by atoms with Gasteiger partial charge in [-0.3, -0.25) is 0 Å². The van der Waals surface area contributed by atoms with E-state index in [0.29, 0.717) is 22.5 Å². The number of rotatable bonds is 4. The van der Waals surface area contributed by atoms with Crippen LogP contribution in [0.2, 0.25) is 0 Å². The van der Waals surface area contributed by atoms with Gasteiger partial charge in [0, 0.05) is 10.5 Å². The zero-order valence-corrected chi connectivity index (χ0v) is 11.6. The molecule has 0 heterocycles. The van der Waals surface area contributed by atoms with Crippen LogP contribution in [-0.4, -0.2) is 6.54 Å². The minimum atomic E-state index is -4.30. The number of nitrogens with one attached hydrogen (secondary N) is 1. The number of hydrogen-bond acceptors (Lipinski definition) is 1. The van der Waals surface area contributed by atoms with E-state index in [1.807, 2.05) is 6.92 Å². The van der Waals surface area contributed by atoms with Crippen LogP contribution in [0.5, 0.6) is 0 Å². The predicted octanol–water partition coefficient (Wildman–Crippen LogP) is 4.53. The van der Waals surface area contributed by atoms with Crippen LogP contribution in [0.15, 0.2) is 22.7 Å². The molecule has 1 N–H and O–H groups in total. The van der Waals surface area contributed by atoms with Crippen LogP contribution in [0.3, 0.4) is 0 Å². The first kappa shape index (κ1) is 13.9. The number of benzene rings is 1. The van der Waals surface area contributed by atoms with Crippen molar-refractivity contribution in [3.05, 3.63) is 33.8 Å². The Bertz CT molecular complexity index is 427. The zero-order valence-electron chi connectivity index (χ0n) is 10.0. The highest BCUT2D eigenvalue weighted by Gasteiger charge is 2.39. The molecule has 2 rings (SSSR count). The van der Waals surface area contributed by atoms with Crippen molar-refractivity contribution in [2.75, 3.05) is 6.54 Å². The molecule has 1 aliphatic rings. The molecule has 1 nitrogen and oxygen atoms in total. The quantitative estimate of drug-likeness (QED) is 0.859. The highest BCUT2D eigenvalue weighted by Crippen LogP contribution is 2.45. The van der Waals surface area contributed by atoms with E-state index in [2.05, 4.69) is 21.2 Å². The van der Waals surface area contributed by atoms with Crippen molar-refractivity contribution in [3.63, 3.8) is 0 Å². The Morgan fingerprint density at radius 3 is 2.56 bits per heavy atom. The lowest BCUT2D eigenvalue weighted by molar-refractivity contribution is -0.138. The second-order valence-corrected chi connectivity index (χ2v) is 5.52. The Hall–Kier alpha value is -0.550. The van der Waals surface area contributed by atoms with Crippen LogP contribution in [-0.2, 0) is 6.18 Å². The third kappa shape index (κ3) is 3.06. The maximum Gasteiger partial charge on any atom is 0.416 e. The van der Waals surface area contributed by atoms with Gasteiger partial charge in [-0.05, 0) is 43.0 Å². The zero-order chi connectivity index (χ0) is 13.3. The molecule has 0 saturated heterocycles. The summed E-state index contributed by atoms with van der Waals surface area (Å²) in [6.07, 6.45) is -2.29. The lowest BCUT2D eigenvalue weighted by atomic mass is 9.96. The maximum atomic E-state index is 13.1. The molecule has 1 aromatic carbocycles. The lowest BCUT2D eigenvalue weighted by Gasteiger charge is -2.22. The Balaban J connectivity index is 2.41. The summed E-state index contributed by atoms with van der Waals surface area (Å²) in [6, 6.07) is 4.25. The highest BCUT2D eigenvalue weighted by atomic mass is 79.9. The molecule has 0 aliphatic heterocycles. The maximum absolute atomic E-state index is 13.1. The summed E-state index contributed by atoms with van der Waals surface area (Å²) in [4.78, 5) is 0. The van der Waals surface area contributed by atoms with Crippen molar-refractivity contribution in [2.24, 2.45) is 5.92 Å². The highest BCUT2D eigenvalue weighted by molar-refractivity contribution is 9.10. The van der Waals surface area contributed by atoms with Gasteiger partial charge in [0.2, 0.25) is 0 Å². The Morgan fingerprint density at radius 2 is 2.06 bits per heavy atom. The van der Waals surface area contributed by atoms with Gasteiger partial charge in [-0.15, -0.1) is 0 Å². The topological polar surface area (TPSA) is 12.0 Å². The lowest BCUT2D eigenvalue weighted by Crippen LogP contribution is -2.25. The van der Waals surface area contributed by atoms with Crippen LogP contribution in [0.4, 0.5) is 13.2 Å². The predicted molar refractivity (Wildman–Crippen MR) is 68.3 cm³/mol. The van der Waals surface area contributed by atoms with Crippen molar-refractivity contribution < 1.29 is 13.2 Å². The van der Waals surface area contributed by atoms with E-state index in [0.717, 1.165) is 12.8 Å². The molecule has 1 unspecified atom stereocenters. The Kier molecular flexibility index (Phi) is 4.02. The number of hydrogen-bond donors (Lipinski definition) is 1. The molecule has 1 atom stereocenters. The van der Waals surface area contributed by atoms with Crippen LogP contribution >= 0.6 is 15.9 Å². The van der Waals surface area contributed by atoms with E-state index < -0.39 is 11.7 Å². The monoisotopic (exact) mass is 321 g/mol. The summed E-state index contributed by atoms with van der Waals surface area (Å²) in [5.41, 5.74) is -0.162. The van der Waals surface area contributed by atoms with E-state index in [9.17, 15) is 13.2 Å². The van der Waals surface area contributed by atoms with Crippen LogP contribution in [0, 0.1) is 5.92 Å². The van der Waals surface area contributed by atoms with Crippen molar-refractivity contribution in [2.45, 2.75) is 32.0 Å². The van der Waals surface area contributed by atoms with E-state index in [1.54, 1.807) is 12.1 Å². The Morgan fingerprint density at radius 1 is 1.39 bits per heavy atom. The molecule has 1 aliphatic carbocycles. The van der Waals surface area contributed by atoms with Gasteiger partial charge in [-0.25, -0.2) is 0 Å². The number of alkyl halides is 3. The fourth-order valence-corrected chi connectivity index (χ4v) is 2.59. The Labute approximate surface area is 113 Å². The fraction of sp³-hybridized carbons (Fsp3) is 0.538. The minimum Gasteiger partial charge on any atom is -0.310 e. The first-order chi connectivity index (χ1) is 8.43. The van der Waals surface area contributed by atoms with E-state index >= 15 is 0 Å². The second-order valence-electron chi connectivity index (χ2n) is 4.60. The molecule has 1 aromatic rings. The molecular weight excluding hydrogens is 307 g/mol. The van der Waals surface area contributed by atoms with Crippen molar-refractivity contribution in [1.82, 2.24) is 5.32 Å². The van der Waals surface area contributed by atoms with Crippen molar-refractivity contribution in [1.29, 1.82) is 0 Å². The molecule has 0 aromatic heterocycles. The first-order valence-corrected chi connectivity index (χ1v) is 6.82. The normalized spacial score (nSPS) is 17.8. The molecule has 0 spiro atoms. The second kappa shape index (κ2) is 5.21. The summed E-state index contributed by atoms with van der Waals surface area (Å²) in [5.74, 6) is 0.340. The third-order valence-corrected chi connectivity index (χ3v) is 3.67. The summed E-state index contributed by atoms with van der Waals surface area (Å²) in [6.45, 7) is 2.59. The van der Waals surface area contributed by atoms with Gasteiger partial charge >= 0.3 is 6.18 Å². The summed E-state index contributed by atoms with van der Waals surface area (Å²) in [5, 5.41) is 3.18. The van der Waals surface area contributed by atoms with Gasteiger partial charge in [0.1, 0.15) is 0 Å². The first-order valence-electron chi connectivity index (χ1n) is 6.03. The van der Waals surface area contributed by atoms with E-state index in [-0.39, 0.29) is 6.04 Å². The van der Waals surface area contributed by atoms with Crippen LogP contribution < -0.4 is 5.32 Å². The third-order valence-electron chi connectivity index (χ3n) is 3.17. The molecule has 0 bridgehead atoms. The summed E-state index contributed by atoms with van der Waals surface area (Å²) in [7, 11) is 0. The fourth-order valence-electron chi connectivity index (χ4n) is 2.23. The van der Waals surface area contributed by atoms with Gasteiger partial charge in [-0.1, -0.05) is 28.9 Å². The van der Waals surface area contributed by atoms with Gasteiger partial charge in [-0.2, -0.15) is 13.2 Å². The summed E-state index contributed by atoms with van der Waals surface area (Å²) < 4.78 is 39.7. The van der Waals surface area contributed by atoms with Gasteiger partial charge in [0.15, 0.2) is 0 Å². The molecule has 5 heteroatoms. The average molecular weight is 322 g/mol. The van der Waals surface area contributed by atoms with Gasteiger partial charge in [0.25, 0.3) is 0 Å². The van der Waals surface area contributed by atoms with Crippen molar-refractivity contribution >= 4 is 15.9 Å². The molecule has 0 amide bonds. The largest absolute Gasteiger partial charge is 0.416 e. The van der Waals surface area contributed by atoms with E-state index in [4.69, 9.17) is 0 Å². The molecule has 100 valence electrons. The minimum absolute atomic E-state index is 0.181. The molecule has 1 saturated carbocycles. The average Bonchev–Trinajstić information content (AvgIpc) is 3.09. The van der Waals surface area contributed by atoms with Crippen molar-refractivity contribution in [3.8, 4) is 0 Å².